The zero-order valence-corrected chi connectivity index (χ0v) is 10.7. The van der Waals surface area contributed by atoms with E-state index in [9.17, 15) is 0 Å². The van der Waals surface area contributed by atoms with Crippen LogP contribution in [-0.2, 0) is 13.6 Å². The van der Waals surface area contributed by atoms with E-state index in [0.29, 0.717) is 6.04 Å². The zero-order chi connectivity index (χ0) is 11.4. The minimum Gasteiger partial charge on any atom is -0.306 e. The number of nitrogens with zero attached hydrogens (tertiary/aromatic N) is 4. The minimum atomic E-state index is 0.619. The summed E-state index contributed by atoms with van der Waals surface area (Å²) in [6.07, 6.45) is 3.95. The Morgan fingerprint density at radius 2 is 2.38 bits per heavy atom. The van der Waals surface area contributed by atoms with E-state index < -0.39 is 0 Å². The smallest absolute Gasteiger partial charge is 0.188 e. The van der Waals surface area contributed by atoms with E-state index in [1.54, 1.807) is 7.05 Å². The first-order valence-electron chi connectivity index (χ1n) is 5.87. The zero-order valence-electron chi connectivity index (χ0n) is 9.89. The second-order valence-corrected chi connectivity index (χ2v) is 5.62. The summed E-state index contributed by atoms with van der Waals surface area (Å²) in [5, 5.41) is 16.3. The van der Waals surface area contributed by atoms with Crippen LogP contribution >= 0.6 is 11.8 Å². The Balaban J connectivity index is 1.80. The minimum absolute atomic E-state index is 0.619. The van der Waals surface area contributed by atoms with Crippen LogP contribution in [-0.4, -0.2) is 37.3 Å². The number of hydrogen-bond donors (Lipinski definition) is 1. The maximum Gasteiger partial charge on any atom is 0.188 e. The Labute approximate surface area is 100 Å². The first-order chi connectivity index (χ1) is 7.79. The van der Waals surface area contributed by atoms with E-state index in [2.05, 4.69) is 39.4 Å². The molecule has 1 aromatic rings. The Hall–Kier alpha value is -0.620. The molecule has 2 unspecified atom stereocenters. The average Bonchev–Trinajstić information content (AvgIpc) is 2.85. The number of thioether (sulfide) groups is 1. The largest absolute Gasteiger partial charge is 0.306 e. The number of hydrogen-bond acceptors (Lipinski definition) is 5. The van der Waals surface area contributed by atoms with Crippen LogP contribution in [0.15, 0.2) is 0 Å². The number of aryl methyl sites for hydroxylation is 1. The van der Waals surface area contributed by atoms with Gasteiger partial charge in [-0.15, -0.1) is 10.2 Å². The summed E-state index contributed by atoms with van der Waals surface area (Å²) in [5.74, 6) is 1.99. The summed E-state index contributed by atoms with van der Waals surface area (Å²) in [5.41, 5.74) is 0. The van der Waals surface area contributed by atoms with Gasteiger partial charge >= 0.3 is 0 Å². The van der Waals surface area contributed by atoms with Crippen LogP contribution in [0.25, 0.3) is 0 Å². The molecule has 0 aromatic carbocycles. The van der Waals surface area contributed by atoms with Gasteiger partial charge in [0.25, 0.3) is 0 Å². The highest BCUT2D eigenvalue weighted by Crippen LogP contribution is 2.29. The number of rotatable bonds is 5. The van der Waals surface area contributed by atoms with Crippen LogP contribution < -0.4 is 5.32 Å². The van der Waals surface area contributed by atoms with Gasteiger partial charge < -0.3 is 5.32 Å². The lowest BCUT2D eigenvalue weighted by atomic mass is 10.2. The van der Waals surface area contributed by atoms with Crippen molar-refractivity contribution in [3.8, 4) is 0 Å². The highest BCUT2D eigenvalue weighted by Gasteiger charge is 2.26. The SMILES string of the molecule is CCSC1CCCC1NCc1nnn(C)n1. The molecule has 2 atom stereocenters. The summed E-state index contributed by atoms with van der Waals surface area (Å²) in [6, 6.07) is 0.619. The molecule has 0 saturated heterocycles. The van der Waals surface area contributed by atoms with Crippen LogP contribution in [0, 0.1) is 0 Å². The maximum atomic E-state index is 4.17. The molecule has 1 saturated carbocycles. The third-order valence-corrected chi connectivity index (χ3v) is 4.23. The van der Waals surface area contributed by atoms with E-state index in [-0.39, 0.29) is 0 Å². The topological polar surface area (TPSA) is 55.6 Å². The standard InChI is InChI=1S/C10H19N5S/c1-3-16-9-6-4-5-8(9)11-7-10-12-14-15(2)13-10/h8-9,11H,3-7H2,1-2H3. The molecule has 1 heterocycles. The normalized spacial score (nSPS) is 25.1. The van der Waals surface area contributed by atoms with Crippen molar-refractivity contribution >= 4 is 11.8 Å². The molecular formula is C10H19N5S. The Morgan fingerprint density at radius 3 is 3.06 bits per heavy atom. The molecule has 6 heteroatoms. The molecule has 0 spiro atoms. The first kappa shape index (κ1) is 11.9. The van der Waals surface area contributed by atoms with Gasteiger partial charge in [0.05, 0.1) is 13.6 Å². The summed E-state index contributed by atoms with van der Waals surface area (Å²) >= 11 is 2.06. The summed E-state index contributed by atoms with van der Waals surface area (Å²) < 4.78 is 0. The van der Waals surface area contributed by atoms with Crippen molar-refractivity contribution in [2.75, 3.05) is 5.75 Å². The fourth-order valence-corrected chi connectivity index (χ4v) is 3.42. The molecule has 1 aromatic heterocycles. The quantitative estimate of drug-likeness (QED) is 0.832. The van der Waals surface area contributed by atoms with Crippen molar-refractivity contribution in [3.63, 3.8) is 0 Å². The van der Waals surface area contributed by atoms with E-state index in [4.69, 9.17) is 0 Å². The highest BCUT2D eigenvalue weighted by molar-refractivity contribution is 7.99. The molecule has 16 heavy (non-hydrogen) atoms. The first-order valence-corrected chi connectivity index (χ1v) is 6.92. The Kier molecular flexibility index (Phi) is 4.17. The lowest BCUT2D eigenvalue weighted by Crippen LogP contribution is -2.34. The molecule has 1 aliphatic carbocycles. The molecule has 2 rings (SSSR count). The van der Waals surface area contributed by atoms with Gasteiger partial charge in [-0.2, -0.15) is 16.6 Å². The molecular weight excluding hydrogens is 222 g/mol. The van der Waals surface area contributed by atoms with Crippen molar-refractivity contribution in [1.29, 1.82) is 0 Å². The van der Waals surface area contributed by atoms with E-state index in [1.165, 1.54) is 29.8 Å². The molecule has 0 aliphatic heterocycles. The lowest BCUT2D eigenvalue weighted by molar-refractivity contribution is 0.519. The van der Waals surface area contributed by atoms with E-state index in [0.717, 1.165) is 17.6 Å². The second kappa shape index (κ2) is 5.63. The monoisotopic (exact) mass is 241 g/mol. The van der Waals surface area contributed by atoms with Crippen molar-refractivity contribution < 1.29 is 0 Å². The van der Waals surface area contributed by atoms with E-state index >= 15 is 0 Å². The van der Waals surface area contributed by atoms with Crippen LogP contribution in [0.3, 0.4) is 0 Å². The lowest BCUT2D eigenvalue weighted by Gasteiger charge is -2.19. The van der Waals surface area contributed by atoms with Crippen molar-refractivity contribution in [2.24, 2.45) is 7.05 Å². The average molecular weight is 241 g/mol. The predicted octanol–water partition coefficient (Wildman–Crippen LogP) is 0.974. The second-order valence-electron chi connectivity index (χ2n) is 4.11. The predicted molar refractivity (Wildman–Crippen MR) is 65.2 cm³/mol. The number of aromatic nitrogens is 4. The molecule has 1 N–H and O–H groups in total. The highest BCUT2D eigenvalue weighted by atomic mass is 32.2. The molecule has 1 aliphatic rings. The Morgan fingerprint density at radius 1 is 1.50 bits per heavy atom. The molecule has 0 radical (unpaired) electrons. The van der Waals surface area contributed by atoms with Gasteiger partial charge in [0.2, 0.25) is 0 Å². The van der Waals surface area contributed by atoms with Gasteiger partial charge in [-0.3, -0.25) is 0 Å². The molecule has 1 fully saturated rings. The van der Waals surface area contributed by atoms with Crippen LogP contribution in [0.4, 0.5) is 0 Å². The third kappa shape index (κ3) is 2.95. The van der Waals surface area contributed by atoms with Gasteiger partial charge in [0.1, 0.15) is 0 Å². The molecule has 0 amide bonds. The number of tetrazole rings is 1. The fraction of sp³-hybridized carbons (Fsp3) is 0.900. The molecule has 0 bridgehead atoms. The van der Waals surface area contributed by atoms with E-state index in [1.807, 2.05) is 0 Å². The van der Waals surface area contributed by atoms with Crippen molar-refractivity contribution in [1.82, 2.24) is 25.5 Å². The van der Waals surface area contributed by atoms with Crippen LogP contribution in [0.1, 0.15) is 32.0 Å². The third-order valence-electron chi connectivity index (χ3n) is 2.91. The van der Waals surface area contributed by atoms with Gasteiger partial charge in [0.15, 0.2) is 5.82 Å². The Bertz CT molecular complexity index is 327. The van der Waals surface area contributed by atoms with Crippen molar-refractivity contribution in [2.45, 2.75) is 44.0 Å². The summed E-state index contributed by atoms with van der Waals surface area (Å²) in [6.45, 7) is 2.96. The number of nitrogens with one attached hydrogen (secondary N) is 1. The summed E-state index contributed by atoms with van der Waals surface area (Å²) in [4.78, 5) is 1.50. The van der Waals surface area contributed by atoms with Gasteiger partial charge in [0, 0.05) is 11.3 Å². The van der Waals surface area contributed by atoms with Gasteiger partial charge in [-0.05, 0) is 23.8 Å². The van der Waals surface area contributed by atoms with Crippen LogP contribution in [0.5, 0.6) is 0 Å². The van der Waals surface area contributed by atoms with Crippen molar-refractivity contribution in [3.05, 3.63) is 5.82 Å². The van der Waals surface area contributed by atoms with Crippen LogP contribution in [0.2, 0.25) is 0 Å². The maximum absolute atomic E-state index is 4.17. The fourth-order valence-electron chi connectivity index (χ4n) is 2.19. The molecule has 5 nitrogen and oxygen atoms in total. The van der Waals surface area contributed by atoms with Gasteiger partial charge in [-0.1, -0.05) is 13.3 Å². The summed E-state index contributed by atoms with van der Waals surface area (Å²) in [7, 11) is 1.79. The van der Waals surface area contributed by atoms with Gasteiger partial charge in [-0.25, -0.2) is 0 Å². The molecule has 90 valence electrons.